The number of carbonyl (C=O) groups excluding carboxylic acids is 2. The molecular weight excluding hydrogens is 461 g/mol. The fourth-order valence-electron chi connectivity index (χ4n) is 3.46. The van der Waals surface area contributed by atoms with E-state index in [2.05, 4.69) is 10.5 Å². The van der Waals surface area contributed by atoms with Crippen LogP contribution in [-0.2, 0) is 16.1 Å². The topological polar surface area (TPSA) is 105 Å². The van der Waals surface area contributed by atoms with Crippen molar-refractivity contribution in [1.82, 2.24) is 10.1 Å². The molecule has 0 spiro atoms. The van der Waals surface area contributed by atoms with Crippen LogP contribution in [0, 0.1) is 5.82 Å². The maximum atomic E-state index is 14.7. The third kappa shape index (κ3) is 5.75. The number of likely N-dealkylation sites (N-methyl/N-ethyl adjacent to an activating group) is 1. The molecule has 0 aliphatic rings. The van der Waals surface area contributed by atoms with Crippen molar-refractivity contribution in [2.24, 2.45) is 0 Å². The highest BCUT2D eigenvalue weighted by Gasteiger charge is 2.31. The number of halogens is 1. The minimum absolute atomic E-state index is 0.225. The van der Waals surface area contributed by atoms with Crippen LogP contribution in [0.15, 0.2) is 57.9 Å². The van der Waals surface area contributed by atoms with E-state index < -0.39 is 39.6 Å². The normalized spacial score (nSPS) is 12.8. The lowest BCUT2D eigenvalue weighted by atomic mass is 10.0. The summed E-state index contributed by atoms with van der Waals surface area (Å²) < 4.78 is 24.7. The summed E-state index contributed by atoms with van der Waals surface area (Å²) in [4.78, 5) is 28.1. The molecule has 0 unspecified atom stereocenters. The van der Waals surface area contributed by atoms with Gasteiger partial charge in [0.2, 0.25) is 5.76 Å². The van der Waals surface area contributed by atoms with Crippen LogP contribution >= 0.6 is 10.0 Å². The Balaban J connectivity index is 1.93. The van der Waals surface area contributed by atoms with Gasteiger partial charge in [0.1, 0.15) is 11.9 Å². The van der Waals surface area contributed by atoms with Gasteiger partial charge in [-0.15, -0.1) is 0 Å². The number of nitrogens with zero attached hydrogens (tertiary/aromatic N) is 2. The summed E-state index contributed by atoms with van der Waals surface area (Å²) >= 11 is 0. The minimum Gasteiger partial charge on any atom is -0.491 e. The predicted octanol–water partition coefficient (Wildman–Crippen LogP) is 4.17. The average Bonchev–Trinajstić information content (AvgIpc) is 3.20. The van der Waals surface area contributed by atoms with Crippen LogP contribution in [0.3, 0.4) is 0 Å². The highest BCUT2D eigenvalue weighted by molar-refractivity contribution is 8.32. The molecule has 0 radical (unpaired) electrons. The SMILES string of the molecule is COCc1ccc([C@H](C(=O)Nc2ccc(S(C)(C)C)c(F)c2)N(C)C(=O)c2cc(O)no2)cc1. The van der Waals surface area contributed by atoms with Gasteiger partial charge in [-0.3, -0.25) is 9.59 Å². The zero-order valence-corrected chi connectivity index (χ0v) is 20.5. The summed E-state index contributed by atoms with van der Waals surface area (Å²) in [7, 11) is 1.72. The summed E-state index contributed by atoms with van der Waals surface area (Å²) in [6.45, 7) is 0.393. The molecule has 2 amide bonds. The molecule has 1 heterocycles. The van der Waals surface area contributed by atoms with Crippen molar-refractivity contribution in [3.05, 3.63) is 71.2 Å². The fraction of sp³-hybridized carbons (Fsp3) is 0.292. The number of aromatic nitrogens is 1. The van der Waals surface area contributed by atoms with Gasteiger partial charge < -0.3 is 24.6 Å². The van der Waals surface area contributed by atoms with E-state index in [4.69, 9.17) is 9.26 Å². The van der Waals surface area contributed by atoms with Crippen LogP contribution in [0.1, 0.15) is 27.7 Å². The van der Waals surface area contributed by atoms with Gasteiger partial charge in [-0.2, -0.15) is 0 Å². The first-order valence-electron chi connectivity index (χ1n) is 10.3. The summed E-state index contributed by atoms with van der Waals surface area (Å²) in [5.74, 6) is -2.28. The van der Waals surface area contributed by atoms with Gasteiger partial charge >= 0.3 is 0 Å². The van der Waals surface area contributed by atoms with Crippen molar-refractivity contribution in [3.63, 3.8) is 0 Å². The van der Waals surface area contributed by atoms with E-state index in [9.17, 15) is 19.1 Å². The maximum absolute atomic E-state index is 14.7. The first-order valence-corrected chi connectivity index (χ1v) is 13.2. The van der Waals surface area contributed by atoms with Crippen molar-refractivity contribution in [2.75, 3.05) is 38.2 Å². The summed E-state index contributed by atoms with van der Waals surface area (Å²) in [5, 5.41) is 15.5. The Labute approximate surface area is 199 Å². The Hall–Kier alpha value is -3.37. The van der Waals surface area contributed by atoms with E-state index >= 15 is 0 Å². The van der Waals surface area contributed by atoms with Crippen LogP contribution in [0.4, 0.5) is 10.1 Å². The van der Waals surface area contributed by atoms with Crippen LogP contribution in [0.25, 0.3) is 0 Å². The first kappa shape index (κ1) is 25.3. The molecule has 0 aliphatic carbocycles. The molecule has 3 rings (SSSR count). The number of amides is 2. The standard InChI is InChI=1S/C24H28FN3O5S/c1-28(24(31)19-13-21(29)27-33-19)22(16-8-6-15(7-9-16)14-32-2)23(30)26-17-10-11-20(18(25)12-17)34(3,4)5/h6-13,22H,14H2,1-5H3,(H,26,30)(H,27,29)/t22-/m1/s1. The van der Waals surface area contributed by atoms with E-state index in [1.54, 1.807) is 43.5 Å². The zero-order valence-electron chi connectivity index (χ0n) is 19.7. The quantitative estimate of drug-likeness (QED) is 0.492. The second kappa shape index (κ2) is 10.3. The monoisotopic (exact) mass is 489 g/mol. The molecule has 1 aromatic heterocycles. The highest BCUT2D eigenvalue weighted by Crippen LogP contribution is 2.46. The van der Waals surface area contributed by atoms with Crippen molar-refractivity contribution >= 4 is 27.5 Å². The second-order valence-corrected chi connectivity index (χ2v) is 12.6. The van der Waals surface area contributed by atoms with Crippen LogP contribution < -0.4 is 5.32 Å². The van der Waals surface area contributed by atoms with Gasteiger partial charge in [0.15, 0.2) is 0 Å². The molecule has 34 heavy (non-hydrogen) atoms. The molecule has 0 aliphatic heterocycles. The molecule has 2 N–H and O–H groups in total. The van der Waals surface area contributed by atoms with Gasteiger partial charge in [0.25, 0.3) is 17.7 Å². The molecule has 0 fully saturated rings. The number of nitrogens with one attached hydrogen (secondary N) is 1. The number of hydrogen-bond donors (Lipinski definition) is 2. The first-order chi connectivity index (χ1) is 16.0. The summed E-state index contributed by atoms with van der Waals surface area (Å²) in [6.07, 6.45) is 5.94. The van der Waals surface area contributed by atoms with Gasteiger partial charge in [0.05, 0.1) is 12.7 Å². The minimum atomic E-state index is -1.29. The smallest absolute Gasteiger partial charge is 0.293 e. The number of hydrogen-bond acceptors (Lipinski definition) is 6. The number of benzene rings is 2. The Bertz CT molecular complexity index is 1170. The van der Waals surface area contributed by atoms with E-state index in [0.717, 1.165) is 11.6 Å². The molecule has 0 bridgehead atoms. The number of ether oxygens (including phenoxy) is 1. The van der Waals surface area contributed by atoms with Crippen molar-refractivity contribution in [1.29, 1.82) is 0 Å². The molecule has 0 saturated carbocycles. The summed E-state index contributed by atoms with van der Waals surface area (Å²) in [5.41, 5.74) is 1.68. The molecule has 1 atom stereocenters. The average molecular weight is 490 g/mol. The third-order valence-electron chi connectivity index (χ3n) is 5.13. The number of methoxy groups -OCH3 is 1. The lowest BCUT2D eigenvalue weighted by molar-refractivity contribution is -0.120. The van der Waals surface area contributed by atoms with Crippen molar-refractivity contribution in [3.8, 4) is 5.88 Å². The van der Waals surface area contributed by atoms with Crippen LogP contribution in [0.5, 0.6) is 5.88 Å². The van der Waals surface area contributed by atoms with Gasteiger partial charge in [-0.05, 0) is 53.2 Å². The van der Waals surface area contributed by atoms with E-state index in [1.165, 1.54) is 18.0 Å². The molecule has 182 valence electrons. The Morgan fingerprint density at radius 3 is 2.38 bits per heavy atom. The van der Waals surface area contributed by atoms with Crippen molar-refractivity contribution < 1.29 is 28.3 Å². The maximum Gasteiger partial charge on any atom is 0.293 e. The molecule has 0 saturated heterocycles. The largest absolute Gasteiger partial charge is 0.491 e. The predicted molar refractivity (Wildman–Crippen MR) is 129 cm³/mol. The van der Waals surface area contributed by atoms with E-state index in [0.29, 0.717) is 17.1 Å². The molecule has 2 aromatic carbocycles. The second-order valence-electron chi connectivity index (χ2n) is 8.51. The molecule has 3 aromatic rings. The van der Waals surface area contributed by atoms with Crippen molar-refractivity contribution in [2.45, 2.75) is 17.5 Å². The van der Waals surface area contributed by atoms with Crippen LogP contribution in [0.2, 0.25) is 0 Å². The number of carbonyl (C=O) groups is 2. The van der Waals surface area contributed by atoms with E-state index in [-0.39, 0.29) is 11.4 Å². The Kier molecular flexibility index (Phi) is 7.63. The third-order valence-corrected chi connectivity index (χ3v) is 6.78. The van der Waals surface area contributed by atoms with Gasteiger partial charge in [-0.1, -0.05) is 24.3 Å². The Morgan fingerprint density at radius 1 is 1.18 bits per heavy atom. The van der Waals surface area contributed by atoms with Gasteiger partial charge in [-0.25, -0.2) is 14.4 Å². The molecule has 8 nitrogen and oxygen atoms in total. The lowest BCUT2D eigenvalue weighted by Gasteiger charge is -2.28. The fourth-order valence-corrected chi connectivity index (χ4v) is 4.58. The van der Waals surface area contributed by atoms with E-state index in [1.807, 2.05) is 18.8 Å². The highest BCUT2D eigenvalue weighted by atomic mass is 32.3. The number of rotatable bonds is 8. The number of aromatic hydroxyl groups is 1. The van der Waals surface area contributed by atoms with Gasteiger partial charge in [0, 0.05) is 24.7 Å². The Morgan fingerprint density at radius 2 is 1.85 bits per heavy atom. The zero-order chi connectivity index (χ0) is 25.0. The summed E-state index contributed by atoms with van der Waals surface area (Å²) in [6, 6.07) is 11.6. The lowest BCUT2D eigenvalue weighted by Crippen LogP contribution is -2.38. The molecule has 10 heteroatoms. The van der Waals surface area contributed by atoms with Crippen LogP contribution in [-0.4, -0.2) is 59.9 Å². The number of anilines is 1. The molecular formula is C24H28FN3O5S.